The van der Waals surface area contributed by atoms with Crippen molar-refractivity contribution >= 4 is 41.4 Å². The third kappa shape index (κ3) is 11.7. The number of hydrogen-bond acceptors (Lipinski definition) is 10. The van der Waals surface area contributed by atoms with Crippen LogP contribution in [0.15, 0.2) is 84.9 Å². The Morgan fingerprint density at radius 1 is 0.836 bits per heavy atom. The van der Waals surface area contributed by atoms with Crippen LogP contribution in [0.3, 0.4) is 0 Å². The summed E-state index contributed by atoms with van der Waals surface area (Å²) in [6.07, 6.45) is 3.03. The number of aryl methyl sites for hydroxylation is 1. The van der Waals surface area contributed by atoms with Gasteiger partial charge >= 0.3 is 5.97 Å². The molecule has 0 aliphatic carbocycles. The number of carboxylic acid groups (broad SMARTS) is 1. The van der Waals surface area contributed by atoms with Crippen LogP contribution in [-0.4, -0.2) is 112 Å². The molecule has 0 spiro atoms. The number of carbonyl (C=O) groups excluding carboxylic acids is 6. The van der Waals surface area contributed by atoms with Crippen molar-refractivity contribution in [2.75, 3.05) is 33.3 Å². The van der Waals surface area contributed by atoms with Gasteiger partial charge in [-0.2, -0.15) is 0 Å². The number of nitrogens with zero attached hydrogens (tertiary/aromatic N) is 1. The molecule has 3 atom stereocenters. The quantitative estimate of drug-likeness (QED) is 0.0880. The van der Waals surface area contributed by atoms with Crippen molar-refractivity contribution in [1.29, 1.82) is 0 Å². The number of aliphatic hydroxyl groups is 1. The van der Waals surface area contributed by atoms with Gasteiger partial charge in [0.05, 0.1) is 26.2 Å². The predicted molar refractivity (Wildman–Crippen MR) is 222 cm³/mol. The van der Waals surface area contributed by atoms with E-state index in [1.54, 1.807) is 24.3 Å². The Balaban J connectivity index is 1.20. The van der Waals surface area contributed by atoms with Crippen molar-refractivity contribution in [3.63, 3.8) is 0 Å². The molecule has 4 bridgehead atoms. The van der Waals surface area contributed by atoms with Gasteiger partial charge < -0.3 is 51.9 Å². The van der Waals surface area contributed by atoms with Gasteiger partial charge in [-0.05, 0) is 77.1 Å². The van der Waals surface area contributed by atoms with Crippen molar-refractivity contribution in [3.05, 3.63) is 107 Å². The lowest BCUT2D eigenvalue weighted by atomic mass is 9.94. The van der Waals surface area contributed by atoms with Crippen LogP contribution in [0.25, 0.3) is 22.3 Å². The fraction of sp³-hybridized carbons (Fsp3) is 0.295. The Kier molecular flexibility index (Phi) is 15.2. The highest BCUT2D eigenvalue weighted by atomic mass is 16.4. The average Bonchev–Trinajstić information content (AvgIpc) is 3.25. The molecule has 0 aromatic heterocycles. The normalized spacial score (nSPS) is 15.5. The van der Waals surface area contributed by atoms with Crippen LogP contribution in [-0.2, 0) is 41.6 Å². The highest BCUT2D eigenvalue weighted by Crippen LogP contribution is 2.38. The molecular weight excluding hydrogens is 789 g/mol. The molecule has 61 heavy (non-hydrogen) atoms. The number of unbranched alkanes of at least 4 members (excludes halogenated alkanes) is 1. The van der Waals surface area contributed by atoms with Crippen molar-refractivity contribution in [2.24, 2.45) is 0 Å². The molecule has 1 heterocycles. The number of nitrogens with one attached hydrogen (secondary N) is 5. The summed E-state index contributed by atoms with van der Waals surface area (Å²) < 4.78 is 0. The Bertz CT molecular complexity index is 2280. The Labute approximate surface area is 351 Å². The SMILES string of the molecule is CCCCc1ccc(-c2ccc(C(=O)N[C@H](CO)C(=O)NCC(=O)NCC(=O)N(C)C3C(=O)NCC(=O)N[C@H](C(=O)O)Cc4ccc(O)c(c4)-c4cc3ccc4O)cc2)cc1. The Morgan fingerprint density at radius 2 is 1.48 bits per heavy atom. The van der Waals surface area contributed by atoms with Crippen LogP contribution in [0.4, 0.5) is 0 Å². The first-order valence-electron chi connectivity index (χ1n) is 19.5. The standard InChI is InChI=1S/C44H48N6O11/c1-3-4-5-25-6-9-27(10-7-25)28-11-13-29(14-12-28)41(57)49-34(24-51)42(58)46-21-37(54)45-23-39(56)50(2)40-30-15-17-36(53)32(20-30)31-18-26(8-16-35(31)52)19-33(44(60)61)48-38(55)22-47-43(40)59/h6-18,20,33-34,40,51-53H,3-5,19,21-24H2,1-2H3,(H,45,54)(H,46,58)(H,47,59)(H,48,55)(H,49,57)(H,60,61)/t33-,34+,40?/m0/s1. The van der Waals surface area contributed by atoms with Crippen molar-refractivity contribution in [3.8, 4) is 33.8 Å². The summed E-state index contributed by atoms with van der Waals surface area (Å²) in [5.41, 5.74) is 4.03. The van der Waals surface area contributed by atoms with E-state index in [0.717, 1.165) is 35.3 Å². The van der Waals surface area contributed by atoms with Crippen LogP contribution in [0, 0.1) is 0 Å². The fourth-order valence-corrected chi connectivity index (χ4v) is 6.65. The van der Waals surface area contributed by atoms with Gasteiger partial charge in [-0.25, -0.2) is 4.79 Å². The second kappa shape index (κ2) is 20.6. The van der Waals surface area contributed by atoms with E-state index in [2.05, 4.69) is 45.6 Å². The monoisotopic (exact) mass is 836 g/mol. The van der Waals surface area contributed by atoms with Gasteiger partial charge in [0.15, 0.2) is 0 Å². The number of rotatable bonds is 14. The maximum Gasteiger partial charge on any atom is 0.326 e. The number of hydrogen-bond donors (Lipinski definition) is 9. The number of amides is 6. The van der Waals surface area contributed by atoms with Crippen molar-refractivity contribution < 1.29 is 54.0 Å². The summed E-state index contributed by atoms with van der Waals surface area (Å²) in [7, 11) is 1.25. The number of phenols is 2. The zero-order valence-corrected chi connectivity index (χ0v) is 33.6. The molecular formula is C44H48N6O11. The molecule has 17 nitrogen and oxygen atoms in total. The molecule has 1 aliphatic rings. The van der Waals surface area contributed by atoms with Crippen LogP contribution in [0.5, 0.6) is 11.5 Å². The summed E-state index contributed by atoms with van der Waals surface area (Å²) in [6, 6.07) is 18.8. The number of aliphatic carboxylic acids is 1. The predicted octanol–water partition coefficient (Wildman–Crippen LogP) is 1.54. The highest BCUT2D eigenvalue weighted by molar-refractivity contribution is 5.99. The number of fused-ring (bicyclic) bond motifs is 5. The van der Waals surface area contributed by atoms with E-state index in [-0.39, 0.29) is 40.2 Å². The number of likely N-dealkylation sites (N-methyl/N-ethyl adjacent to an activating group) is 1. The molecule has 320 valence electrons. The lowest BCUT2D eigenvalue weighted by molar-refractivity contribution is -0.142. The van der Waals surface area contributed by atoms with Gasteiger partial charge in [-0.15, -0.1) is 0 Å². The van der Waals surface area contributed by atoms with Crippen LogP contribution in [0.2, 0.25) is 0 Å². The molecule has 0 radical (unpaired) electrons. The van der Waals surface area contributed by atoms with Crippen LogP contribution < -0.4 is 26.6 Å². The number of carboxylic acids is 1. The minimum absolute atomic E-state index is 0.0573. The average molecular weight is 837 g/mol. The van der Waals surface area contributed by atoms with Gasteiger partial charge in [0, 0.05) is 30.2 Å². The van der Waals surface area contributed by atoms with E-state index in [0.29, 0.717) is 5.56 Å². The first kappa shape index (κ1) is 44.8. The molecule has 1 aliphatic heterocycles. The van der Waals surface area contributed by atoms with E-state index in [1.807, 2.05) is 12.1 Å². The van der Waals surface area contributed by atoms with E-state index < -0.39 is 85.8 Å². The lowest BCUT2D eigenvalue weighted by Crippen LogP contribution is -2.51. The van der Waals surface area contributed by atoms with E-state index >= 15 is 0 Å². The molecule has 0 saturated carbocycles. The van der Waals surface area contributed by atoms with Crippen LogP contribution in [0.1, 0.15) is 52.9 Å². The minimum atomic E-state index is -1.47. The topological polar surface area (TPSA) is 264 Å². The van der Waals surface area contributed by atoms with Crippen LogP contribution >= 0.6 is 0 Å². The van der Waals surface area contributed by atoms with E-state index in [1.165, 1.54) is 49.0 Å². The number of phenolic OH excluding ortho intramolecular Hbond substituents is 2. The Hall–Kier alpha value is -7.27. The summed E-state index contributed by atoms with van der Waals surface area (Å²) >= 11 is 0. The molecule has 0 fully saturated rings. The maximum absolute atomic E-state index is 13.6. The van der Waals surface area contributed by atoms with Gasteiger partial charge in [0.2, 0.25) is 29.5 Å². The summed E-state index contributed by atoms with van der Waals surface area (Å²) in [5, 5.41) is 52.9. The molecule has 6 amide bonds. The minimum Gasteiger partial charge on any atom is -0.507 e. The third-order valence-corrected chi connectivity index (χ3v) is 10.1. The largest absolute Gasteiger partial charge is 0.507 e. The molecule has 9 N–H and O–H groups in total. The first-order valence-corrected chi connectivity index (χ1v) is 19.5. The van der Waals surface area contributed by atoms with E-state index in [4.69, 9.17) is 0 Å². The number of aromatic hydroxyl groups is 2. The molecule has 4 aromatic carbocycles. The van der Waals surface area contributed by atoms with Gasteiger partial charge in [0.25, 0.3) is 5.91 Å². The maximum atomic E-state index is 13.6. The summed E-state index contributed by atoms with van der Waals surface area (Å²) in [5.74, 6) is -6.77. The summed E-state index contributed by atoms with van der Waals surface area (Å²) in [4.78, 5) is 91.2. The zero-order valence-electron chi connectivity index (χ0n) is 33.6. The second-order valence-electron chi connectivity index (χ2n) is 14.5. The highest BCUT2D eigenvalue weighted by Gasteiger charge is 2.31. The molecule has 0 saturated heterocycles. The molecule has 17 heteroatoms. The summed E-state index contributed by atoms with van der Waals surface area (Å²) in [6.45, 7) is -0.600. The molecule has 1 unspecified atom stereocenters. The number of benzene rings is 4. The number of carbonyl (C=O) groups is 7. The zero-order chi connectivity index (χ0) is 44.2. The smallest absolute Gasteiger partial charge is 0.326 e. The second-order valence-corrected chi connectivity index (χ2v) is 14.5. The van der Waals surface area contributed by atoms with E-state index in [9.17, 15) is 54.0 Å². The first-order chi connectivity index (χ1) is 29.2. The van der Waals surface area contributed by atoms with Gasteiger partial charge in [-0.1, -0.05) is 61.9 Å². The van der Waals surface area contributed by atoms with Gasteiger partial charge in [-0.3, -0.25) is 28.8 Å². The lowest BCUT2D eigenvalue weighted by Gasteiger charge is -2.28. The molecule has 5 rings (SSSR count). The van der Waals surface area contributed by atoms with Crippen molar-refractivity contribution in [2.45, 2.75) is 50.7 Å². The number of aliphatic hydroxyl groups excluding tert-OH is 1. The Morgan fingerprint density at radius 3 is 2.11 bits per heavy atom. The third-order valence-electron chi connectivity index (χ3n) is 10.1. The van der Waals surface area contributed by atoms with Crippen molar-refractivity contribution in [1.82, 2.24) is 31.5 Å². The van der Waals surface area contributed by atoms with Gasteiger partial charge in [0.1, 0.15) is 29.6 Å². The molecule has 4 aromatic rings. The fourth-order valence-electron chi connectivity index (χ4n) is 6.65.